The molecule has 0 aliphatic rings. The number of amides is 2. The van der Waals surface area contributed by atoms with E-state index in [2.05, 4.69) is 22.8 Å². The van der Waals surface area contributed by atoms with Gasteiger partial charge in [-0.05, 0) is 43.2 Å². The van der Waals surface area contributed by atoms with Crippen molar-refractivity contribution in [3.8, 4) is 0 Å². The summed E-state index contributed by atoms with van der Waals surface area (Å²) < 4.78 is 5.09. The highest BCUT2D eigenvalue weighted by Crippen LogP contribution is 2.13. The maximum Gasteiger partial charge on any atom is 0.291 e. The van der Waals surface area contributed by atoms with Gasteiger partial charge < -0.3 is 9.73 Å². The summed E-state index contributed by atoms with van der Waals surface area (Å²) in [6.45, 7) is 4.01. The van der Waals surface area contributed by atoms with Crippen LogP contribution in [0, 0.1) is 0 Å². The molecule has 2 rings (SSSR count). The van der Waals surface area contributed by atoms with E-state index < -0.39 is 0 Å². The molecule has 0 aliphatic heterocycles. The predicted molar refractivity (Wildman–Crippen MR) is 111 cm³/mol. The number of hydrogen-bond donors (Lipinski definition) is 2. The number of unbranched alkanes of at least 4 members (excludes halogenated alkanes) is 5. The molecule has 28 heavy (non-hydrogen) atoms. The van der Waals surface area contributed by atoms with E-state index >= 15 is 0 Å². The van der Waals surface area contributed by atoms with E-state index in [9.17, 15) is 9.59 Å². The first kappa shape index (κ1) is 21.4. The number of benzene rings is 1. The van der Waals surface area contributed by atoms with Crippen molar-refractivity contribution >= 4 is 23.2 Å². The highest BCUT2D eigenvalue weighted by molar-refractivity contribution is 6.04. The first-order valence-corrected chi connectivity index (χ1v) is 9.88. The van der Waals surface area contributed by atoms with Crippen molar-refractivity contribution in [3.05, 3.63) is 54.0 Å². The summed E-state index contributed by atoms with van der Waals surface area (Å²) >= 11 is 0. The second-order valence-corrected chi connectivity index (χ2v) is 6.76. The summed E-state index contributed by atoms with van der Waals surface area (Å²) in [6, 6.07) is 10.6. The van der Waals surface area contributed by atoms with Crippen LogP contribution in [-0.2, 0) is 4.79 Å². The second kappa shape index (κ2) is 11.7. The molecule has 1 aromatic carbocycles. The Morgan fingerprint density at radius 3 is 2.57 bits per heavy atom. The van der Waals surface area contributed by atoms with Crippen molar-refractivity contribution in [2.24, 2.45) is 5.10 Å². The van der Waals surface area contributed by atoms with Crippen LogP contribution >= 0.6 is 0 Å². The number of nitrogens with one attached hydrogen (secondary N) is 2. The van der Waals surface area contributed by atoms with Gasteiger partial charge >= 0.3 is 0 Å². The summed E-state index contributed by atoms with van der Waals surface area (Å²) in [7, 11) is 0. The SMILES string of the molecule is CCCCCCCCC(=O)N/N=C(\C)c1cccc(NC(=O)c2ccco2)c1. The lowest BCUT2D eigenvalue weighted by molar-refractivity contribution is -0.121. The summed E-state index contributed by atoms with van der Waals surface area (Å²) in [4.78, 5) is 24.0. The van der Waals surface area contributed by atoms with Crippen LogP contribution in [0.2, 0.25) is 0 Å². The minimum atomic E-state index is -0.316. The zero-order valence-electron chi connectivity index (χ0n) is 16.7. The van der Waals surface area contributed by atoms with Gasteiger partial charge in [0.25, 0.3) is 5.91 Å². The fourth-order valence-electron chi connectivity index (χ4n) is 2.75. The van der Waals surface area contributed by atoms with Crippen molar-refractivity contribution in [1.82, 2.24) is 5.43 Å². The van der Waals surface area contributed by atoms with Gasteiger partial charge in [0.15, 0.2) is 5.76 Å². The van der Waals surface area contributed by atoms with E-state index in [4.69, 9.17) is 4.42 Å². The van der Waals surface area contributed by atoms with Crippen LogP contribution in [0.1, 0.15) is 74.9 Å². The lowest BCUT2D eigenvalue weighted by atomic mass is 10.1. The minimum Gasteiger partial charge on any atom is -0.459 e. The number of furan rings is 1. The van der Waals surface area contributed by atoms with Crippen LogP contribution in [0.25, 0.3) is 0 Å². The monoisotopic (exact) mass is 383 g/mol. The molecule has 0 saturated carbocycles. The van der Waals surface area contributed by atoms with Crippen LogP contribution in [0.4, 0.5) is 5.69 Å². The maximum atomic E-state index is 12.1. The molecule has 0 fully saturated rings. The molecule has 0 bridgehead atoms. The molecule has 150 valence electrons. The number of carbonyl (C=O) groups is 2. The van der Waals surface area contributed by atoms with Gasteiger partial charge in [-0.1, -0.05) is 51.2 Å². The maximum absolute atomic E-state index is 12.1. The summed E-state index contributed by atoms with van der Waals surface area (Å²) in [5, 5.41) is 6.96. The van der Waals surface area contributed by atoms with Crippen molar-refractivity contribution in [2.75, 3.05) is 5.32 Å². The number of carbonyl (C=O) groups excluding carboxylic acids is 2. The minimum absolute atomic E-state index is 0.0721. The van der Waals surface area contributed by atoms with Gasteiger partial charge in [-0.15, -0.1) is 0 Å². The average molecular weight is 383 g/mol. The fraction of sp³-hybridized carbons (Fsp3) is 0.409. The van der Waals surface area contributed by atoms with Crippen molar-refractivity contribution < 1.29 is 14.0 Å². The van der Waals surface area contributed by atoms with Gasteiger partial charge in [0.2, 0.25) is 5.91 Å². The van der Waals surface area contributed by atoms with Gasteiger partial charge in [0.05, 0.1) is 12.0 Å². The predicted octanol–water partition coefficient (Wildman–Crippen LogP) is 5.12. The van der Waals surface area contributed by atoms with Crippen molar-refractivity contribution in [2.45, 2.75) is 58.8 Å². The van der Waals surface area contributed by atoms with E-state index in [0.29, 0.717) is 17.8 Å². The fourth-order valence-corrected chi connectivity index (χ4v) is 2.75. The molecule has 1 heterocycles. The molecule has 2 aromatic rings. The van der Waals surface area contributed by atoms with Crippen LogP contribution in [0.15, 0.2) is 52.2 Å². The van der Waals surface area contributed by atoms with Gasteiger partial charge in [0, 0.05) is 12.1 Å². The third-order valence-corrected chi connectivity index (χ3v) is 4.39. The molecule has 6 heteroatoms. The summed E-state index contributed by atoms with van der Waals surface area (Å²) in [5.74, 6) is -0.140. The topological polar surface area (TPSA) is 83.7 Å². The van der Waals surface area contributed by atoms with Crippen LogP contribution in [0.3, 0.4) is 0 Å². The number of nitrogens with zero attached hydrogens (tertiary/aromatic N) is 1. The Balaban J connectivity index is 1.81. The molecule has 0 radical (unpaired) electrons. The lowest BCUT2D eigenvalue weighted by Gasteiger charge is -2.07. The van der Waals surface area contributed by atoms with Gasteiger partial charge in [0.1, 0.15) is 0 Å². The summed E-state index contributed by atoms with van der Waals surface area (Å²) in [5.41, 5.74) is 4.73. The number of hydrazone groups is 1. The Labute approximate surface area is 166 Å². The van der Waals surface area contributed by atoms with E-state index in [1.165, 1.54) is 31.9 Å². The van der Waals surface area contributed by atoms with Crippen molar-refractivity contribution in [1.29, 1.82) is 0 Å². The van der Waals surface area contributed by atoms with Crippen LogP contribution in [0.5, 0.6) is 0 Å². The largest absolute Gasteiger partial charge is 0.459 e. The molecule has 6 nitrogen and oxygen atoms in total. The Hall–Kier alpha value is -2.89. The molecular formula is C22H29N3O3. The molecule has 1 aromatic heterocycles. The van der Waals surface area contributed by atoms with E-state index in [1.807, 2.05) is 19.1 Å². The highest BCUT2D eigenvalue weighted by atomic mass is 16.3. The molecule has 0 spiro atoms. The molecule has 2 N–H and O–H groups in total. The molecule has 0 atom stereocenters. The Morgan fingerprint density at radius 1 is 1.04 bits per heavy atom. The third-order valence-electron chi connectivity index (χ3n) is 4.39. The molecule has 0 saturated heterocycles. The number of anilines is 1. The molecule has 2 amide bonds. The van der Waals surface area contributed by atoms with Crippen LogP contribution in [-0.4, -0.2) is 17.5 Å². The third kappa shape index (κ3) is 7.39. The Morgan fingerprint density at radius 2 is 1.82 bits per heavy atom. The molecular weight excluding hydrogens is 354 g/mol. The van der Waals surface area contributed by atoms with E-state index in [0.717, 1.165) is 18.4 Å². The highest BCUT2D eigenvalue weighted by Gasteiger charge is 2.09. The van der Waals surface area contributed by atoms with Gasteiger partial charge in [-0.3, -0.25) is 9.59 Å². The van der Waals surface area contributed by atoms with Gasteiger partial charge in [-0.25, -0.2) is 5.43 Å². The number of hydrogen-bond acceptors (Lipinski definition) is 4. The first-order chi connectivity index (χ1) is 13.6. The quantitative estimate of drug-likeness (QED) is 0.321. The van der Waals surface area contributed by atoms with Crippen molar-refractivity contribution in [3.63, 3.8) is 0 Å². The average Bonchev–Trinajstić information content (AvgIpc) is 3.24. The standard InChI is InChI=1S/C22H29N3O3/c1-3-4-5-6-7-8-14-21(26)25-24-17(2)18-11-9-12-19(16-18)23-22(27)20-13-10-15-28-20/h9-13,15-16H,3-8,14H2,1-2H3,(H,23,27)(H,25,26)/b24-17+. The van der Waals surface area contributed by atoms with Crippen LogP contribution < -0.4 is 10.7 Å². The summed E-state index contributed by atoms with van der Waals surface area (Å²) in [6.07, 6.45) is 8.81. The smallest absolute Gasteiger partial charge is 0.291 e. The van der Waals surface area contributed by atoms with Gasteiger partial charge in [-0.2, -0.15) is 5.10 Å². The second-order valence-electron chi connectivity index (χ2n) is 6.76. The molecule has 0 unspecified atom stereocenters. The zero-order valence-corrected chi connectivity index (χ0v) is 16.7. The Kier molecular flexibility index (Phi) is 8.98. The zero-order chi connectivity index (χ0) is 20.2. The Bertz CT molecular complexity index is 782. The van der Waals surface area contributed by atoms with E-state index in [1.54, 1.807) is 24.3 Å². The molecule has 0 aliphatic carbocycles. The lowest BCUT2D eigenvalue weighted by Crippen LogP contribution is -2.19. The van der Waals surface area contributed by atoms with E-state index in [-0.39, 0.29) is 17.6 Å². The number of rotatable bonds is 11. The normalized spacial score (nSPS) is 11.3. The first-order valence-electron chi connectivity index (χ1n) is 9.88.